The van der Waals surface area contributed by atoms with Gasteiger partial charge in [-0.2, -0.15) is 0 Å². The molecule has 0 saturated heterocycles. The lowest BCUT2D eigenvalue weighted by atomic mass is 10.1. The molecule has 1 N–H and O–H groups in total. The highest BCUT2D eigenvalue weighted by Crippen LogP contribution is 2.28. The summed E-state index contributed by atoms with van der Waals surface area (Å²) < 4.78 is 2.81. The van der Waals surface area contributed by atoms with E-state index < -0.39 is 6.04 Å². The van der Waals surface area contributed by atoms with Crippen LogP contribution in [0.2, 0.25) is 0 Å². The van der Waals surface area contributed by atoms with E-state index in [2.05, 4.69) is 0 Å². The number of amides is 1. The Kier molecular flexibility index (Phi) is 4.77. The van der Waals surface area contributed by atoms with Crippen molar-refractivity contribution >= 4 is 5.91 Å². The van der Waals surface area contributed by atoms with E-state index in [-0.39, 0.29) is 24.0 Å². The molecule has 144 valence electrons. The van der Waals surface area contributed by atoms with Gasteiger partial charge >= 0.3 is 5.69 Å². The van der Waals surface area contributed by atoms with Crippen LogP contribution in [-0.4, -0.2) is 25.0 Å². The van der Waals surface area contributed by atoms with Crippen LogP contribution >= 0.6 is 0 Å². The molecule has 0 aliphatic carbocycles. The molecule has 6 heteroatoms. The van der Waals surface area contributed by atoms with Crippen molar-refractivity contribution in [2.24, 2.45) is 0 Å². The molecule has 1 atom stereocenters. The summed E-state index contributed by atoms with van der Waals surface area (Å²) in [7, 11) is 0. The van der Waals surface area contributed by atoms with Crippen molar-refractivity contribution in [2.45, 2.75) is 39.0 Å². The van der Waals surface area contributed by atoms with Gasteiger partial charge in [-0.05, 0) is 24.5 Å². The summed E-state index contributed by atoms with van der Waals surface area (Å²) in [5, 5.41) is 10.7. The maximum atomic E-state index is 12.9. The standard InChI is InChI=1S/C22H23N3O3/c1-16-20(26)23(14-18-10-6-3-7-11-18)15-19-21(27)24(22(28)25(16)19)13-12-17-8-4-2-5-9-17/h2-11,16,27H,12-15H2,1H3/t16-/m0/s1. The van der Waals surface area contributed by atoms with Crippen LogP contribution < -0.4 is 5.69 Å². The van der Waals surface area contributed by atoms with E-state index >= 15 is 0 Å². The number of nitrogens with zero attached hydrogens (tertiary/aromatic N) is 3. The lowest BCUT2D eigenvalue weighted by Gasteiger charge is -2.31. The quantitative estimate of drug-likeness (QED) is 0.743. The lowest BCUT2D eigenvalue weighted by Crippen LogP contribution is -2.44. The molecule has 0 saturated carbocycles. The fourth-order valence-electron chi connectivity index (χ4n) is 3.80. The highest BCUT2D eigenvalue weighted by Gasteiger charge is 2.35. The monoisotopic (exact) mass is 377 g/mol. The summed E-state index contributed by atoms with van der Waals surface area (Å²) in [4.78, 5) is 27.4. The highest BCUT2D eigenvalue weighted by molar-refractivity contribution is 5.81. The number of aromatic nitrogens is 2. The number of carbonyl (C=O) groups is 1. The average molecular weight is 377 g/mol. The molecule has 0 fully saturated rings. The molecule has 0 spiro atoms. The zero-order valence-electron chi connectivity index (χ0n) is 15.8. The van der Waals surface area contributed by atoms with Gasteiger partial charge in [-0.15, -0.1) is 0 Å². The van der Waals surface area contributed by atoms with E-state index in [9.17, 15) is 14.7 Å². The SMILES string of the molecule is C[C@H]1C(=O)N(Cc2ccccc2)Cc2c(O)n(CCc3ccccc3)c(=O)n21. The van der Waals surface area contributed by atoms with Crippen LogP contribution in [0.1, 0.15) is 29.8 Å². The minimum absolute atomic E-state index is 0.0432. The first-order chi connectivity index (χ1) is 13.6. The molecular weight excluding hydrogens is 354 g/mol. The van der Waals surface area contributed by atoms with Gasteiger partial charge in [-0.25, -0.2) is 4.79 Å². The first kappa shape index (κ1) is 18.1. The molecule has 0 radical (unpaired) electrons. The fourth-order valence-corrected chi connectivity index (χ4v) is 3.80. The van der Waals surface area contributed by atoms with E-state index in [0.717, 1.165) is 11.1 Å². The number of fused-ring (bicyclic) bond motifs is 1. The molecule has 28 heavy (non-hydrogen) atoms. The number of aromatic hydroxyl groups is 1. The molecule has 0 bridgehead atoms. The molecule has 6 nitrogen and oxygen atoms in total. The zero-order valence-corrected chi connectivity index (χ0v) is 15.8. The van der Waals surface area contributed by atoms with Gasteiger partial charge in [0.1, 0.15) is 11.7 Å². The van der Waals surface area contributed by atoms with Crippen molar-refractivity contribution in [2.75, 3.05) is 0 Å². The molecule has 2 heterocycles. The lowest BCUT2D eigenvalue weighted by molar-refractivity contribution is -0.137. The number of carbonyl (C=O) groups excluding carboxylic acids is 1. The normalized spacial score (nSPS) is 16.2. The molecule has 1 amide bonds. The van der Waals surface area contributed by atoms with Crippen molar-refractivity contribution in [1.82, 2.24) is 14.0 Å². The van der Waals surface area contributed by atoms with Crippen molar-refractivity contribution in [3.63, 3.8) is 0 Å². The Balaban J connectivity index is 1.61. The first-order valence-electron chi connectivity index (χ1n) is 9.45. The van der Waals surface area contributed by atoms with Crippen LogP contribution in [0.4, 0.5) is 0 Å². The molecule has 2 aromatic carbocycles. The van der Waals surface area contributed by atoms with Crippen LogP contribution in [0.15, 0.2) is 65.5 Å². The summed E-state index contributed by atoms with van der Waals surface area (Å²) in [6, 6.07) is 18.9. The van der Waals surface area contributed by atoms with Gasteiger partial charge < -0.3 is 10.0 Å². The summed E-state index contributed by atoms with van der Waals surface area (Å²) in [5.41, 5.74) is 2.28. The predicted octanol–water partition coefficient (Wildman–Crippen LogP) is 2.70. The molecule has 1 aromatic heterocycles. The first-order valence-corrected chi connectivity index (χ1v) is 9.45. The van der Waals surface area contributed by atoms with Crippen molar-refractivity contribution in [1.29, 1.82) is 0 Å². The van der Waals surface area contributed by atoms with Crippen LogP contribution in [0.3, 0.4) is 0 Å². The summed E-state index contributed by atoms with van der Waals surface area (Å²) in [6.45, 7) is 2.75. The van der Waals surface area contributed by atoms with Crippen molar-refractivity contribution < 1.29 is 9.90 Å². The van der Waals surface area contributed by atoms with Gasteiger partial charge in [-0.3, -0.25) is 13.9 Å². The van der Waals surface area contributed by atoms with E-state index in [0.29, 0.717) is 25.2 Å². The second-order valence-electron chi connectivity index (χ2n) is 7.17. The van der Waals surface area contributed by atoms with E-state index in [1.165, 1.54) is 9.13 Å². The number of rotatable bonds is 5. The highest BCUT2D eigenvalue weighted by atomic mass is 16.3. The van der Waals surface area contributed by atoms with Gasteiger partial charge in [0.2, 0.25) is 11.8 Å². The summed E-state index contributed by atoms with van der Waals surface area (Å²) >= 11 is 0. The predicted molar refractivity (Wildman–Crippen MR) is 106 cm³/mol. The molecule has 0 unspecified atom stereocenters. The third-order valence-corrected chi connectivity index (χ3v) is 5.32. The van der Waals surface area contributed by atoms with Crippen LogP contribution in [0.25, 0.3) is 0 Å². The van der Waals surface area contributed by atoms with Gasteiger partial charge in [0.15, 0.2) is 0 Å². The van der Waals surface area contributed by atoms with Crippen LogP contribution in [-0.2, 0) is 30.8 Å². The Morgan fingerprint density at radius 1 is 0.964 bits per heavy atom. The minimum Gasteiger partial charge on any atom is -0.493 e. The number of hydrogen-bond acceptors (Lipinski definition) is 3. The largest absolute Gasteiger partial charge is 0.493 e. The maximum absolute atomic E-state index is 12.9. The van der Waals surface area contributed by atoms with E-state index in [4.69, 9.17) is 0 Å². The zero-order chi connectivity index (χ0) is 19.7. The maximum Gasteiger partial charge on any atom is 0.332 e. The van der Waals surface area contributed by atoms with Crippen LogP contribution in [0, 0.1) is 0 Å². The molecule has 1 aliphatic rings. The topological polar surface area (TPSA) is 67.5 Å². The molecule has 1 aliphatic heterocycles. The third kappa shape index (κ3) is 3.22. The van der Waals surface area contributed by atoms with Gasteiger partial charge in [0.05, 0.1) is 6.54 Å². The summed E-state index contributed by atoms with van der Waals surface area (Å²) in [6.07, 6.45) is 0.633. The minimum atomic E-state index is -0.635. The van der Waals surface area contributed by atoms with E-state index in [1.54, 1.807) is 11.8 Å². The molecule has 3 aromatic rings. The van der Waals surface area contributed by atoms with Crippen LogP contribution in [0.5, 0.6) is 5.88 Å². The van der Waals surface area contributed by atoms with Gasteiger partial charge in [0.25, 0.3) is 0 Å². The van der Waals surface area contributed by atoms with Crippen molar-refractivity contribution in [3.05, 3.63) is 88.0 Å². The Hall–Kier alpha value is -3.28. The third-order valence-electron chi connectivity index (χ3n) is 5.32. The van der Waals surface area contributed by atoms with Crippen molar-refractivity contribution in [3.8, 4) is 5.88 Å². The number of benzene rings is 2. The number of imidazole rings is 1. The van der Waals surface area contributed by atoms with Gasteiger partial charge in [0, 0.05) is 13.1 Å². The average Bonchev–Trinajstić information content (AvgIpc) is 2.95. The Bertz CT molecular complexity index is 1040. The Labute approximate surface area is 163 Å². The Morgan fingerprint density at radius 3 is 2.21 bits per heavy atom. The molecular formula is C22H23N3O3. The molecule has 4 rings (SSSR count). The summed E-state index contributed by atoms with van der Waals surface area (Å²) in [5.74, 6) is -0.156. The fraction of sp³-hybridized carbons (Fsp3) is 0.273. The number of aryl methyl sites for hydroxylation is 1. The Morgan fingerprint density at radius 2 is 1.57 bits per heavy atom. The second-order valence-corrected chi connectivity index (χ2v) is 7.17. The second kappa shape index (κ2) is 7.38. The van der Waals surface area contributed by atoms with E-state index in [1.807, 2.05) is 60.7 Å². The number of hydrogen-bond donors (Lipinski definition) is 1. The van der Waals surface area contributed by atoms with Gasteiger partial charge in [-0.1, -0.05) is 60.7 Å². The smallest absolute Gasteiger partial charge is 0.332 e.